The van der Waals surface area contributed by atoms with E-state index in [0.717, 1.165) is 0 Å². The van der Waals surface area contributed by atoms with Gasteiger partial charge in [0.15, 0.2) is 11.5 Å². The molecule has 0 heterocycles. The molecule has 1 atom stereocenters. The number of amides is 2. The first kappa shape index (κ1) is 13.8. The van der Waals surface area contributed by atoms with Crippen LogP contribution >= 0.6 is 0 Å². The number of carbonyl (C=O) groups excluding carboxylic acids is 2. The van der Waals surface area contributed by atoms with Gasteiger partial charge in [0, 0.05) is 5.56 Å². The summed E-state index contributed by atoms with van der Waals surface area (Å²) < 4.78 is 4.83. The summed E-state index contributed by atoms with van der Waals surface area (Å²) in [7, 11) is 1.39. The maximum Gasteiger partial charge on any atom is 0.251 e. The molecule has 7 heteroatoms. The molecule has 0 aliphatic heterocycles. The van der Waals surface area contributed by atoms with Crippen molar-refractivity contribution < 1.29 is 24.5 Å². The van der Waals surface area contributed by atoms with Gasteiger partial charge in [-0.1, -0.05) is 0 Å². The minimum atomic E-state index is -1.44. The third-order valence-electron chi connectivity index (χ3n) is 2.23. The first-order valence-corrected chi connectivity index (χ1v) is 5.08. The second-order valence-corrected chi connectivity index (χ2v) is 3.51. The third-order valence-corrected chi connectivity index (χ3v) is 2.23. The van der Waals surface area contributed by atoms with Crippen molar-refractivity contribution in [3.63, 3.8) is 0 Å². The van der Waals surface area contributed by atoms with Crippen molar-refractivity contribution in [2.45, 2.75) is 6.10 Å². The molecule has 0 radical (unpaired) electrons. The molecule has 0 bridgehead atoms. The molecule has 0 saturated heterocycles. The lowest BCUT2D eigenvalue weighted by atomic mass is 10.2. The van der Waals surface area contributed by atoms with Gasteiger partial charge in [-0.3, -0.25) is 9.59 Å². The number of aliphatic hydroxyl groups is 1. The highest BCUT2D eigenvalue weighted by atomic mass is 16.5. The topological polar surface area (TPSA) is 122 Å². The van der Waals surface area contributed by atoms with Crippen molar-refractivity contribution in [2.24, 2.45) is 5.73 Å². The normalized spacial score (nSPS) is 11.7. The molecule has 0 spiro atoms. The Labute approximate surface area is 103 Å². The second-order valence-electron chi connectivity index (χ2n) is 3.51. The van der Waals surface area contributed by atoms with E-state index in [1.165, 1.54) is 25.3 Å². The van der Waals surface area contributed by atoms with Gasteiger partial charge in [0.25, 0.3) is 5.91 Å². The molecule has 5 N–H and O–H groups in total. The molecular formula is C11H14N2O5. The molecule has 1 unspecified atom stereocenters. The largest absolute Gasteiger partial charge is 0.504 e. The summed E-state index contributed by atoms with van der Waals surface area (Å²) in [5, 5.41) is 20.9. The summed E-state index contributed by atoms with van der Waals surface area (Å²) in [5.74, 6) is -1.41. The smallest absolute Gasteiger partial charge is 0.251 e. The second kappa shape index (κ2) is 5.87. The zero-order valence-corrected chi connectivity index (χ0v) is 9.71. The van der Waals surface area contributed by atoms with Gasteiger partial charge in [0.05, 0.1) is 13.7 Å². The zero-order valence-electron chi connectivity index (χ0n) is 9.71. The summed E-state index contributed by atoms with van der Waals surface area (Å²) in [5.41, 5.74) is 5.00. The van der Waals surface area contributed by atoms with E-state index >= 15 is 0 Å². The molecule has 0 fully saturated rings. The molecule has 18 heavy (non-hydrogen) atoms. The van der Waals surface area contributed by atoms with Gasteiger partial charge >= 0.3 is 0 Å². The molecule has 1 aromatic rings. The molecule has 98 valence electrons. The molecule has 0 saturated carbocycles. The van der Waals surface area contributed by atoms with Crippen LogP contribution in [0, 0.1) is 0 Å². The van der Waals surface area contributed by atoms with Crippen LogP contribution in [0.5, 0.6) is 11.5 Å². The van der Waals surface area contributed by atoms with Gasteiger partial charge in [0.2, 0.25) is 5.91 Å². The summed E-state index contributed by atoms with van der Waals surface area (Å²) in [6.45, 7) is -0.291. The lowest BCUT2D eigenvalue weighted by Crippen LogP contribution is -2.39. The molecule has 1 aromatic carbocycles. The molecule has 0 aromatic heterocycles. The van der Waals surface area contributed by atoms with E-state index in [1.54, 1.807) is 0 Å². The Morgan fingerprint density at radius 3 is 2.67 bits per heavy atom. The highest BCUT2D eigenvalue weighted by molar-refractivity contribution is 5.95. The lowest BCUT2D eigenvalue weighted by Gasteiger charge is -2.09. The number of phenolic OH excluding ortho intramolecular Hbond substituents is 1. The van der Waals surface area contributed by atoms with Crippen LogP contribution in [0.2, 0.25) is 0 Å². The Balaban J connectivity index is 2.67. The van der Waals surface area contributed by atoms with Gasteiger partial charge in [-0.25, -0.2) is 0 Å². The van der Waals surface area contributed by atoms with Crippen LogP contribution in [-0.2, 0) is 4.79 Å². The first-order chi connectivity index (χ1) is 8.45. The van der Waals surface area contributed by atoms with E-state index < -0.39 is 17.9 Å². The van der Waals surface area contributed by atoms with E-state index in [-0.39, 0.29) is 23.6 Å². The highest BCUT2D eigenvalue weighted by Crippen LogP contribution is 2.25. The van der Waals surface area contributed by atoms with Gasteiger partial charge in [-0.15, -0.1) is 0 Å². The SMILES string of the molecule is COc1ccc(C(=O)NCC(O)C(N)=O)cc1O. The van der Waals surface area contributed by atoms with Crippen LogP contribution in [0.25, 0.3) is 0 Å². The number of primary amides is 1. The number of rotatable bonds is 5. The number of phenols is 1. The summed E-state index contributed by atoms with van der Waals surface area (Å²) >= 11 is 0. The Morgan fingerprint density at radius 1 is 1.50 bits per heavy atom. The number of benzene rings is 1. The first-order valence-electron chi connectivity index (χ1n) is 5.08. The molecule has 7 nitrogen and oxygen atoms in total. The van der Waals surface area contributed by atoms with Gasteiger partial charge in [-0.2, -0.15) is 0 Å². The predicted molar refractivity (Wildman–Crippen MR) is 62.2 cm³/mol. The number of aliphatic hydroxyl groups excluding tert-OH is 1. The number of carbonyl (C=O) groups is 2. The number of nitrogens with two attached hydrogens (primary N) is 1. The van der Waals surface area contributed by atoms with Crippen molar-refractivity contribution in [1.29, 1.82) is 0 Å². The summed E-state index contributed by atoms with van der Waals surface area (Å²) in [4.78, 5) is 22.1. The minimum Gasteiger partial charge on any atom is -0.504 e. The quantitative estimate of drug-likeness (QED) is 0.535. The number of hydrogen-bond donors (Lipinski definition) is 4. The molecule has 0 aliphatic rings. The Bertz CT molecular complexity index is 461. The molecule has 0 aliphatic carbocycles. The Hall–Kier alpha value is -2.28. The van der Waals surface area contributed by atoms with E-state index in [0.29, 0.717) is 0 Å². The number of methoxy groups -OCH3 is 1. The highest BCUT2D eigenvalue weighted by Gasteiger charge is 2.14. The van der Waals surface area contributed by atoms with Crippen LogP contribution in [0.4, 0.5) is 0 Å². The van der Waals surface area contributed by atoms with Crippen LogP contribution in [0.1, 0.15) is 10.4 Å². The van der Waals surface area contributed by atoms with Crippen LogP contribution in [-0.4, -0.2) is 41.8 Å². The number of ether oxygens (including phenoxy) is 1. The average Bonchev–Trinajstić information content (AvgIpc) is 2.35. The number of hydrogen-bond acceptors (Lipinski definition) is 5. The fraction of sp³-hybridized carbons (Fsp3) is 0.273. The average molecular weight is 254 g/mol. The summed E-state index contributed by atoms with van der Waals surface area (Å²) in [6, 6.07) is 4.07. The monoisotopic (exact) mass is 254 g/mol. The van der Waals surface area contributed by atoms with Crippen molar-refractivity contribution in [2.75, 3.05) is 13.7 Å². The van der Waals surface area contributed by atoms with E-state index in [1.807, 2.05) is 0 Å². The lowest BCUT2D eigenvalue weighted by molar-refractivity contribution is -0.125. The van der Waals surface area contributed by atoms with Gasteiger partial charge < -0.3 is 26.0 Å². The number of aromatic hydroxyl groups is 1. The van der Waals surface area contributed by atoms with E-state index in [2.05, 4.69) is 5.32 Å². The molecule has 2 amide bonds. The Kier molecular flexibility index (Phi) is 4.50. The number of nitrogens with one attached hydrogen (secondary N) is 1. The third kappa shape index (κ3) is 3.36. The van der Waals surface area contributed by atoms with Crippen molar-refractivity contribution in [1.82, 2.24) is 5.32 Å². The molecule has 1 rings (SSSR count). The van der Waals surface area contributed by atoms with Crippen LogP contribution < -0.4 is 15.8 Å². The van der Waals surface area contributed by atoms with Crippen molar-refractivity contribution in [3.05, 3.63) is 23.8 Å². The molecular weight excluding hydrogens is 240 g/mol. The van der Waals surface area contributed by atoms with Crippen molar-refractivity contribution >= 4 is 11.8 Å². The van der Waals surface area contributed by atoms with Crippen LogP contribution in [0.15, 0.2) is 18.2 Å². The van der Waals surface area contributed by atoms with Crippen molar-refractivity contribution in [3.8, 4) is 11.5 Å². The maximum atomic E-state index is 11.6. The van der Waals surface area contributed by atoms with E-state index in [9.17, 15) is 14.7 Å². The summed E-state index contributed by atoms with van der Waals surface area (Å²) in [6.07, 6.45) is -1.44. The Morgan fingerprint density at radius 2 is 2.17 bits per heavy atom. The predicted octanol–water partition coefficient (Wildman–Crippen LogP) is -1.02. The zero-order chi connectivity index (χ0) is 13.7. The standard InChI is InChI=1S/C11H14N2O5/c1-18-9-3-2-6(4-7(9)14)11(17)13-5-8(15)10(12)16/h2-4,8,14-15H,5H2,1H3,(H2,12,16)(H,13,17). The minimum absolute atomic E-state index is 0.171. The van der Waals surface area contributed by atoms with E-state index in [4.69, 9.17) is 15.6 Å². The fourth-order valence-electron chi connectivity index (χ4n) is 1.22. The fourth-order valence-corrected chi connectivity index (χ4v) is 1.22. The van der Waals surface area contributed by atoms with Crippen LogP contribution in [0.3, 0.4) is 0 Å². The van der Waals surface area contributed by atoms with Gasteiger partial charge in [0.1, 0.15) is 6.10 Å². The van der Waals surface area contributed by atoms with Gasteiger partial charge in [-0.05, 0) is 18.2 Å². The maximum absolute atomic E-state index is 11.6.